The van der Waals surface area contributed by atoms with E-state index in [4.69, 9.17) is 0 Å². The summed E-state index contributed by atoms with van der Waals surface area (Å²) in [6, 6.07) is 16.9. The van der Waals surface area contributed by atoms with Crippen LogP contribution in [0.4, 0.5) is 11.4 Å². The van der Waals surface area contributed by atoms with Gasteiger partial charge >= 0.3 is 0 Å². The fraction of sp³-hybridized carbons (Fsp3) is 0.333. The molecule has 0 saturated heterocycles. The fourth-order valence-electron chi connectivity index (χ4n) is 2.31. The van der Waals surface area contributed by atoms with Crippen molar-refractivity contribution in [3.05, 3.63) is 59.7 Å². The number of nitrogens with one attached hydrogen (secondary N) is 2. The Hall–Kier alpha value is -1.96. The third kappa shape index (κ3) is 3.77. The van der Waals surface area contributed by atoms with E-state index >= 15 is 0 Å². The minimum Gasteiger partial charge on any atom is -0.301 e. The first-order valence-electron chi connectivity index (χ1n) is 7.53. The molecule has 0 unspecified atom stereocenters. The van der Waals surface area contributed by atoms with E-state index in [9.17, 15) is 0 Å². The standard InChI is InChI=1S/C18H24N2/c1-3-5-10-16-12-7-9-14-18(16)20-19-17-13-8-6-11-15(17)4-2/h6-9,11-14,19-20H,3-5,10H2,1-2H3. The van der Waals surface area contributed by atoms with Crippen molar-refractivity contribution in [3.8, 4) is 0 Å². The Morgan fingerprint density at radius 2 is 1.30 bits per heavy atom. The van der Waals surface area contributed by atoms with E-state index in [1.807, 2.05) is 0 Å². The zero-order valence-electron chi connectivity index (χ0n) is 12.4. The topological polar surface area (TPSA) is 24.1 Å². The summed E-state index contributed by atoms with van der Waals surface area (Å²) in [6.07, 6.45) is 4.60. The highest BCUT2D eigenvalue weighted by molar-refractivity contribution is 5.59. The molecule has 0 radical (unpaired) electrons. The maximum absolute atomic E-state index is 3.36. The molecule has 0 atom stereocenters. The Labute approximate surface area is 122 Å². The zero-order valence-corrected chi connectivity index (χ0v) is 12.4. The van der Waals surface area contributed by atoms with Crippen molar-refractivity contribution in [2.75, 3.05) is 10.9 Å². The van der Waals surface area contributed by atoms with Crippen molar-refractivity contribution < 1.29 is 0 Å². The van der Waals surface area contributed by atoms with Gasteiger partial charge in [-0.3, -0.25) is 0 Å². The number of benzene rings is 2. The van der Waals surface area contributed by atoms with Gasteiger partial charge in [-0.1, -0.05) is 56.7 Å². The Morgan fingerprint density at radius 1 is 0.750 bits per heavy atom. The number of para-hydroxylation sites is 2. The van der Waals surface area contributed by atoms with Gasteiger partial charge in [0.15, 0.2) is 0 Å². The average Bonchev–Trinajstić information content (AvgIpc) is 2.52. The van der Waals surface area contributed by atoms with Gasteiger partial charge in [0.1, 0.15) is 0 Å². The third-order valence-corrected chi connectivity index (χ3v) is 3.55. The number of hydrazine groups is 1. The zero-order chi connectivity index (χ0) is 14.2. The second-order valence-corrected chi connectivity index (χ2v) is 5.02. The molecule has 0 bridgehead atoms. The van der Waals surface area contributed by atoms with Crippen LogP contribution in [0.5, 0.6) is 0 Å². The molecule has 2 N–H and O–H groups in total. The number of unbranched alkanes of at least 4 members (excludes halogenated alkanes) is 1. The normalized spacial score (nSPS) is 10.3. The summed E-state index contributed by atoms with van der Waals surface area (Å²) < 4.78 is 0. The maximum Gasteiger partial charge on any atom is 0.0571 e. The largest absolute Gasteiger partial charge is 0.301 e. The van der Waals surface area contributed by atoms with E-state index in [-0.39, 0.29) is 0 Å². The molecule has 20 heavy (non-hydrogen) atoms. The van der Waals surface area contributed by atoms with E-state index in [0.717, 1.165) is 18.5 Å². The minimum atomic E-state index is 1.03. The van der Waals surface area contributed by atoms with Crippen LogP contribution in [0.1, 0.15) is 37.8 Å². The average molecular weight is 268 g/mol. The van der Waals surface area contributed by atoms with Gasteiger partial charge < -0.3 is 10.9 Å². The van der Waals surface area contributed by atoms with Gasteiger partial charge in [0.05, 0.1) is 11.4 Å². The van der Waals surface area contributed by atoms with Crippen LogP contribution in [-0.2, 0) is 12.8 Å². The molecule has 2 aromatic rings. The van der Waals surface area contributed by atoms with Crippen LogP contribution in [0.15, 0.2) is 48.5 Å². The first kappa shape index (κ1) is 14.4. The predicted octanol–water partition coefficient (Wildman–Crippen LogP) is 5.03. The Balaban J connectivity index is 2.06. The maximum atomic E-state index is 3.36. The van der Waals surface area contributed by atoms with Crippen molar-refractivity contribution in [3.63, 3.8) is 0 Å². The number of hydrogen-bond acceptors (Lipinski definition) is 2. The van der Waals surface area contributed by atoms with Crippen molar-refractivity contribution in [1.82, 2.24) is 0 Å². The molecule has 0 amide bonds. The van der Waals surface area contributed by atoms with Gasteiger partial charge in [-0.15, -0.1) is 0 Å². The summed E-state index contributed by atoms with van der Waals surface area (Å²) >= 11 is 0. The third-order valence-electron chi connectivity index (χ3n) is 3.55. The summed E-state index contributed by atoms with van der Waals surface area (Å²) in [5.74, 6) is 0. The van der Waals surface area contributed by atoms with Gasteiger partial charge in [0.2, 0.25) is 0 Å². The van der Waals surface area contributed by atoms with E-state index < -0.39 is 0 Å². The van der Waals surface area contributed by atoms with Crippen LogP contribution in [0, 0.1) is 0 Å². The smallest absolute Gasteiger partial charge is 0.0571 e. The van der Waals surface area contributed by atoms with Crippen molar-refractivity contribution >= 4 is 11.4 Å². The Bertz CT molecular complexity index is 534. The predicted molar refractivity (Wildman–Crippen MR) is 88.1 cm³/mol. The molecule has 0 heterocycles. The number of hydrogen-bond donors (Lipinski definition) is 2. The summed E-state index contributed by atoms with van der Waals surface area (Å²) in [4.78, 5) is 0. The molecule has 2 nitrogen and oxygen atoms in total. The lowest BCUT2D eigenvalue weighted by molar-refractivity contribution is 0.796. The van der Waals surface area contributed by atoms with Gasteiger partial charge in [0.25, 0.3) is 0 Å². The highest BCUT2D eigenvalue weighted by Crippen LogP contribution is 2.20. The molecule has 0 aliphatic heterocycles. The first-order valence-corrected chi connectivity index (χ1v) is 7.53. The van der Waals surface area contributed by atoms with Crippen molar-refractivity contribution in [2.45, 2.75) is 39.5 Å². The van der Waals surface area contributed by atoms with Gasteiger partial charge in [0, 0.05) is 0 Å². The summed E-state index contributed by atoms with van der Waals surface area (Å²) in [6.45, 7) is 4.40. The van der Waals surface area contributed by atoms with Crippen molar-refractivity contribution in [2.24, 2.45) is 0 Å². The lowest BCUT2D eigenvalue weighted by atomic mass is 10.1. The van der Waals surface area contributed by atoms with Crippen molar-refractivity contribution in [1.29, 1.82) is 0 Å². The Morgan fingerprint density at radius 3 is 1.90 bits per heavy atom. The van der Waals surface area contributed by atoms with Crippen LogP contribution < -0.4 is 10.9 Å². The molecule has 0 spiro atoms. The van der Waals surface area contributed by atoms with E-state index in [0.29, 0.717) is 0 Å². The van der Waals surface area contributed by atoms with Gasteiger partial charge in [-0.25, -0.2) is 0 Å². The summed E-state index contributed by atoms with van der Waals surface area (Å²) in [7, 11) is 0. The molecule has 0 aliphatic rings. The van der Waals surface area contributed by atoms with E-state index in [1.165, 1.54) is 29.7 Å². The SMILES string of the molecule is CCCCc1ccccc1NNc1ccccc1CC. The van der Waals surface area contributed by atoms with Crippen LogP contribution in [0.2, 0.25) is 0 Å². The summed E-state index contributed by atoms with van der Waals surface area (Å²) in [5, 5.41) is 0. The fourth-order valence-corrected chi connectivity index (χ4v) is 2.31. The van der Waals surface area contributed by atoms with Crippen LogP contribution in [0.25, 0.3) is 0 Å². The Kier molecular flexibility index (Phi) is 5.48. The molecule has 0 aromatic heterocycles. The molecule has 0 fully saturated rings. The number of aryl methyl sites for hydroxylation is 2. The lowest BCUT2D eigenvalue weighted by Crippen LogP contribution is -2.11. The van der Waals surface area contributed by atoms with Gasteiger partial charge in [-0.2, -0.15) is 0 Å². The van der Waals surface area contributed by atoms with E-state index in [1.54, 1.807) is 0 Å². The highest BCUT2D eigenvalue weighted by atomic mass is 15.4. The molecule has 0 aliphatic carbocycles. The highest BCUT2D eigenvalue weighted by Gasteiger charge is 2.02. The number of anilines is 2. The second-order valence-electron chi connectivity index (χ2n) is 5.02. The molecule has 2 aromatic carbocycles. The van der Waals surface area contributed by atoms with Crippen LogP contribution >= 0.6 is 0 Å². The molecular formula is C18H24N2. The lowest BCUT2D eigenvalue weighted by Gasteiger charge is -2.15. The van der Waals surface area contributed by atoms with Crippen LogP contribution in [-0.4, -0.2) is 0 Å². The van der Waals surface area contributed by atoms with Crippen LogP contribution in [0.3, 0.4) is 0 Å². The second kappa shape index (κ2) is 7.59. The molecule has 106 valence electrons. The molecule has 0 saturated carbocycles. The van der Waals surface area contributed by atoms with Gasteiger partial charge in [-0.05, 0) is 42.5 Å². The first-order chi connectivity index (χ1) is 9.85. The van der Waals surface area contributed by atoms with E-state index in [2.05, 4.69) is 73.2 Å². The molecule has 2 heteroatoms. The molecular weight excluding hydrogens is 244 g/mol. The molecule has 2 rings (SSSR count). The minimum absolute atomic E-state index is 1.03. The number of rotatable bonds is 7. The monoisotopic (exact) mass is 268 g/mol. The quantitative estimate of drug-likeness (QED) is 0.688. The summed E-state index contributed by atoms with van der Waals surface area (Å²) in [5.41, 5.74) is 11.7.